The van der Waals surface area contributed by atoms with Crippen LogP contribution in [0, 0.1) is 12.9 Å². The Morgan fingerprint density at radius 3 is 2.16 bits per heavy atom. The number of hydrogen-bond acceptors (Lipinski definition) is 3. The van der Waals surface area contributed by atoms with E-state index in [1.807, 2.05) is 26.1 Å². The van der Waals surface area contributed by atoms with Gasteiger partial charge in [-0.25, -0.2) is 0 Å². The number of benzene rings is 1. The van der Waals surface area contributed by atoms with Gasteiger partial charge in [-0.05, 0) is 16.8 Å². The molecule has 2 N–H and O–H groups in total. The third-order valence-corrected chi connectivity index (χ3v) is 5.35. The van der Waals surface area contributed by atoms with Crippen molar-refractivity contribution in [3.05, 3.63) is 47.7 Å². The molecule has 0 fully saturated rings. The maximum absolute atomic E-state index is 8.48. The van der Waals surface area contributed by atoms with Gasteiger partial charge in [-0.15, -0.1) is 35.4 Å². The number of rotatable bonds is 3. The fourth-order valence-electron chi connectivity index (χ4n) is 2.20. The number of hydrogen-bond donors (Lipinski definition) is 2. The summed E-state index contributed by atoms with van der Waals surface area (Å²) in [7, 11) is 0.388. The summed E-state index contributed by atoms with van der Waals surface area (Å²) in [5.41, 5.74) is 2.73. The van der Waals surface area contributed by atoms with E-state index in [1.54, 1.807) is 12.1 Å². The summed E-state index contributed by atoms with van der Waals surface area (Å²) in [5.74, 6) is -0.716. The summed E-state index contributed by atoms with van der Waals surface area (Å²) in [5, 5.41) is 15.2. The van der Waals surface area contributed by atoms with Crippen LogP contribution in [0.15, 0.2) is 30.5 Å². The monoisotopic (exact) mass is 543 g/mol. The van der Waals surface area contributed by atoms with E-state index in [-0.39, 0.29) is 25.7 Å². The van der Waals surface area contributed by atoms with Crippen LogP contribution in [0.1, 0.15) is 36.4 Å². The number of aryl methyl sites for hydroxylation is 1. The molecule has 1 aromatic carbocycles. The zero-order chi connectivity index (χ0) is 22.3. The minimum absolute atomic E-state index is 0. The average molecular weight is 543 g/mol. The number of nitrogens with zero attached hydrogens (tertiary/aromatic N) is 1. The molecule has 143 valence electrons. The minimum atomic E-state index is -2.13. The Balaban J connectivity index is 0. The number of aliphatic hydroxyl groups excluding tert-OH is 2. The van der Waals surface area contributed by atoms with E-state index in [4.69, 9.17) is 15.7 Å². The van der Waals surface area contributed by atoms with Gasteiger partial charge in [0.1, 0.15) is 0 Å². The van der Waals surface area contributed by atoms with Crippen molar-refractivity contribution in [2.75, 3.05) is 14.2 Å². The van der Waals surface area contributed by atoms with E-state index in [0.717, 1.165) is 31.0 Å². The van der Waals surface area contributed by atoms with Crippen LogP contribution in [0.4, 0.5) is 0 Å². The van der Waals surface area contributed by atoms with E-state index < -0.39 is 20.8 Å². The molecule has 2 aromatic rings. The van der Waals surface area contributed by atoms with Crippen molar-refractivity contribution in [2.24, 2.45) is 0 Å². The molecule has 25 heavy (non-hydrogen) atoms. The van der Waals surface area contributed by atoms with Crippen LogP contribution in [0.2, 0.25) is 19.6 Å². The predicted octanol–water partition coefficient (Wildman–Crippen LogP) is 3.74. The Hall–Kier alpha value is -0.844. The fourth-order valence-corrected chi connectivity index (χ4v) is 3.78. The number of pyridine rings is 1. The summed E-state index contributed by atoms with van der Waals surface area (Å²) >= 11 is 0. The second-order valence-corrected chi connectivity index (χ2v) is 11.4. The Kier molecular flexibility index (Phi) is 9.47. The third kappa shape index (κ3) is 7.93. The van der Waals surface area contributed by atoms with E-state index in [1.165, 1.54) is 11.3 Å². The first-order valence-corrected chi connectivity index (χ1v) is 11.2. The molecule has 0 saturated heterocycles. The molecule has 2 rings (SSSR count). The summed E-state index contributed by atoms with van der Waals surface area (Å²) < 4.78 is 30.8. The van der Waals surface area contributed by atoms with Gasteiger partial charge in [0.25, 0.3) is 0 Å². The van der Waals surface area contributed by atoms with Gasteiger partial charge >= 0.3 is 0 Å². The van der Waals surface area contributed by atoms with Crippen molar-refractivity contribution < 1.29 is 35.8 Å². The van der Waals surface area contributed by atoms with Crippen LogP contribution in [0.5, 0.6) is 0 Å². The summed E-state index contributed by atoms with van der Waals surface area (Å²) in [4.78, 5) is 4.56. The number of aliphatic hydroxyl groups is 2. The van der Waals surface area contributed by atoms with Gasteiger partial charge in [0.05, 0.1) is 8.07 Å². The molecule has 0 saturated carbocycles. The first-order chi connectivity index (χ1) is 12.8. The molecule has 5 heteroatoms. The first kappa shape index (κ1) is 18.9. The topological polar surface area (TPSA) is 53.4 Å². The van der Waals surface area contributed by atoms with E-state index in [2.05, 4.69) is 30.7 Å². The van der Waals surface area contributed by atoms with Gasteiger partial charge < -0.3 is 15.2 Å². The van der Waals surface area contributed by atoms with Crippen molar-refractivity contribution in [1.82, 2.24) is 4.98 Å². The molecule has 0 aliphatic rings. The minimum Gasteiger partial charge on any atom is -0.400 e. The summed E-state index contributed by atoms with van der Waals surface area (Å²) in [6.45, 7) is 8.38. The Bertz CT molecular complexity index is 740. The van der Waals surface area contributed by atoms with Crippen LogP contribution in [0.3, 0.4) is 0 Å². The summed E-state index contributed by atoms with van der Waals surface area (Å²) in [6.07, 6.45) is 1.89. The molecule has 3 nitrogen and oxygen atoms in total. The van der Waals surface area contributed by atoms with Crippen LogP contribution < -0.4 is 5.19 Å². The molecule has 0 atom stereocenters. The standard InChI is InChI=1S/C18H24NSi.2CH4O.Ir/c1-13(2)16-11-17(15-9-7-14(3)8-10-15)19-12-18(16)20(4,5)6;2*1-2;/h7-9,11-13H,1-6H3;2*2H,1H3;/q-1;;;/i3D3,13D;;;. The zero-order valence-electron chi connectivity index (χ0n) is 20.1. The molecular formula is C20H32IrNO2Si-. The van der Waals surface area contributed by atoms with Gasteiger partial charge in [0, 0.05) is 46.0 Å². The summed E-state index contributed by atoms with van der Waals surface area (Å²) in [6, 6.07) is 9.82. The molecular weight excluding hydrogens is 507 g/mol. The Morgan fingerprint density at radius 2 is 1.76 bits per heavy atom. The van der Waals surface area contributed by atoms with Gasteiger partial charge in [-0.2, -0.15) is 0 Å². The van der Waals surface area contributed by atoms with Crippen LogP contribution in [-0.2, 0) is 20.1 Å². The maximum Gasteiger partial charge on any atom is 0.0799 e. The molecule has 0 unspecified atom stereocenters. The van der Waals surface area contributed by atoms with E-state index in [9.17, 15) is 0 Å². The van der Waals surface area contributed by atoms with E-state index in [0.29, 0.717) is 0 Å². The molecule has 0 aliphatic carbocycles. The van der Waals surface area contributed by atoms with Crippen molar-refractivity contribution in [2.45, 2.75) is 46.2 Å². The molecule has 1 radical (unpaired) electrons. The molecule has 0 spiro atoms. The van der Waals surface area contributed by atoms with Crippen molar-refractivity contribution in [1.29, 1.82) is 0 Å². The molecule has 0 amide bonds. The van der Waals surface area contributed by atoms with Crippen LogP contribution in [-0.4, -0.2) is 37.5 Å². The molecule has 0 bridgehead atoms. The van der Waals surface area contributed by atoms with Gasteiger partial charge in [-0.1, -0.05) is 52.0 Å². The van der Waals surface area contributed by atoms with Crippen LogP contribution >= 0.6 is 0 Å². The fraction of sp³-hybridized carbons (Fsp3) is 0.450. The normalized spacial score (nSPS) is 13.3. The Labute approximate surface area is 173 Å². The van der Waals surface area contributed by atoms with Gasteiger partial charge in [-0.3, -0.25) is 0 Å². The number of aromatic nitrogens is 1. The quantitative estimate of drug-likeness (QED) is 0.459. The first-order valence-electron chi connectivity index (χ1n) is 9.73. The molecule has 1 aromatic heterocycles. The predicted molar refractivity (Wildman–Crippen MR) is 107 cm³/mol. The second kappa shape index (κ2) is 12.5. The maximum atomic E-state index is 8.48. The van der Waals surface area contributed by atoms with Gasteiger partial charge in [0.2, 0.25) is 0 Å². The van der Waals surface area contributed by atoms with Gasteiger partial charge in [0.15, 0.2) is 0 Å². The molecule has 1 heterocycles. The zero-order valence-corrected chi connectivity index (χ0v) is 19.5. The van der Waals surface area contributed by atoms with E-state index >= 15 is 0 Å². The van der Waals surface area contributed by atoms with Crippen molar-refractivity contribution in [3.63, 3.8) is 0 Å². The van der Waals surface area contributed by atoms with Crippen molar-refractivity contribution >= 4 is 13.3 Å². The van der Waals surface area contributed by atoms with Crippen LogP contribution in [0.25, 0.3) is 11.3 Å². The van der Waals surface area contributed by atoms with Crippen molar-refractivity contribution in [3.8, 4) is 11.3 Å². The average Bonchev–Trinajstić information content (AvgIpc) is 2.62. The smallest absolute Gasteiger partial charge is 0.0799 e. The second-order valence-electron chi connectivity index (χ2n) is 6.36. The SMILES string of the molecule is CO.CO.[2H]C([2H])([2H])c1c[c-]c(-c2cc(C([2H])(C)C)c([Si](C)(C)C)cn2)cc1.[Ir]. The molecule has 0 aliphatic heterocycles. The Morgan fingerprint density at radius 1 is 1.16 bits per heavy atom. The third-order valence-electron chi connectivity index (χ3n) is 3.34. The largest absolute Gasteiger partial charge is 0.400 e.